The second-order valence-electron chi connectivity index (χ2n) is 17.2. The van der Waals surface area contributed by atoms with Crippen LogP contribution in [0.25, 0.3) is 0 Å². The Kier molecular flexibility index (Phi) is 19.1. The van der Waals surface area contributed by atoms with Gasteiger partial charge in [0.2, 0.25) is 17.7 Å². The van der Waals surface area contributed by atoms with Gasteiger partial charge in [-0.3, -0.25) is 14.4 Å². The van der Waals surface area contributed by atoms with Gasteiger partial charge in [-0.2, -0.15) is 0 Å². The summed E-state index contributed by atoms with van der Waals surface area (Å²) >= 11 is 0. The van der Waals surface area contributed by atoms with Crippen LogP contribution >= 0.6 is 0 Å². The van der Waals surface area contributed by atoms with E-state index >= 15 is 0 Å². The van der Waals surface area contributed by atoms with E-state index in [4.69, 9.17) is 4.74 Å². The third kappa shape index (κ3) is 14.9. The van der Waals surface area contributed by atoms with Gasteiger partial charge in [-0.1, -0.05) is 178 Å². The van der Waals surface area contributed by atoms with E-state index in [0.717, 1.165) is 29.7 Å². The van der Waals surface area contributed by atoms with Crippen LogP contribution in [0.4, 0.5) is 0 Å². The van der Waals surface area contributed by atoms with Gasteiger partial charge in [0.25, 0.3) is 0 Å². The zero-order chi connectivity index (χ0) is 41.0. The van der Waals surface area contributed by atoms with Crippen molar-refractivity contribution in [2.75, 3.05) is 13.6 Å². The van der Waals surface area contributed by atoms with Gasteiger partial charge in [0.1, 0.15) is 23.9 Å². The van der Waals surface area contributed by atoms with Crippen LogP contribution in [0, 0.1) is 5.41 Å². The van der Waals surface area contributed by atoms with Crippen LogP contribution < -0.4 is 20.7 Å². The molecule has 1 heterocycles. The molecule has 0 radical (unpaired) electrons. The molecule has 3 aromatic rings. The topological polar surface area (TPSA) is 99.8 Å². The molecule has 8 nitrogen and oxygen atoms in total. The van der Waals surface area contributed by atoms with Crippen molar-refractivity contribution in [3.05, 3.63) is 102 Å². The molecule has 8 heteroatoms. The van der Waals surface area contributed by atoms with Crippen molar-refractivity contribution in [2.45, 2.75) is 161 Å². The largest absolute Gasteiger partial charge is 0.488 e. The molecule has 312 valence electrons. The highest BCUT2D eigenvalue weighted by Gasteiger charge is 2.46. The Morgan fingerprint density at radius 2 is 1.28 bits per heavy atom. The van der Waals surface area contributed by atoms with Crippen LogP contribution in [-0.2, 0) is 20.8 Å². The second kappa shape index (κ2) is 23.9. The standard InChI is InChI=1S/C49H72N4O4/c1-7-8-9-10-11-12-13-14-15-16-17-18-21-27-38-28-26-33-41(34-38)57-42-35-43(53(36-42)48(56)45(49(3,4)5)52-46(54)37(2)50-6)47(55)51-44(39-29-22-19-23-30-39)40-31-24-20-25-32-40/h19-20,22-26,28-34,37,42-45,50H,7-18,21,27,35-36H2,1-6H3,(H,51,55)(H,52,54)/t37-,42-,43-,45+/m0/s1. The van der Waals surface area contributed by atoms with Crippen LogP contribution in [-0.4, -0.2) is 60.4 Å². The number of aryl methyl sites for hydroxylation is 1. The molecule has 1 aliphatic rings. The van der Waals surface area contributed by atoms with Crippen molar-refractivity contribution in [3.63, 3.8) is 0 Å². The van der Waals surface area contributed by atoms with E-state index < -0.39 is 35.7 Å². The first-order valence-corrected chi connectivity index (χ1v) is 22.0. The molecular weight excluding hydrogens is 709 g/mol. The Labute approximate surface area is 344 Å². The number of likely N-dealkylation sites (tertiary alicyclic amines) is 1. The van der Waals surface area contributed by atoms with Gasteiger partial charge in [-0.15, -0.1) is 0 Å². The van der Waals surface area contributed by atoms with Crippen LogP contribution in [0.2, 0.25) is 0 Å². The van der Waals surface area contributed by atoms with Crippen molar-refractivity contribution >= 4 is 17.7 Å². The number of benzene rings is 3. The summed E-state index contributed by atoms with van der Waals surface area (Å²) in [6, 6.07) is 25.5. The van der Waals surface area contributed by atoms with Crippen molar-refractivity contribution < 1.29 is 19.1 Å². The number of unbranched alkanes of at least 4 members (excludes halogenated alkanes) is 12. The molecular formula is C49H72N4O4. The predicted molar refractivity (Wildman–Crippen MR) is 233 cm³/mol. The molecule has 3 N–H and O–H groups in total. The van der Waals surface area contributed by atoms with E-state index in [1.807, 2.05) is 93.6 Å². The SMILES string of the molecule is CCCCCCCCCCCCCCCc1cccc(O[C@H]2C[C@@H](C(=O)NC(c3ccccc3)c3ccccc3)N(C(=O)[C@@H](NC(=O)[C@H](C)NC)C(C)(C)C)C2)c1. The minimum Gasteiger partial charge on any atom is -0.488 e. The van der Waals surface area contributed by atoms with Crippen LogP contribution in [0.3, 0.4) is 0 Å². The first-order valence-electron chi connectivity index (χ1n) is 22.0. The molecule has 1 aliphatic heterocycles. The first-order chi connectivity index (χ1) is 27.5. The summed E-state index contributed by atoms with van der Waals surface area (Å²) in [6.45, 7) is 10.1. The highest BCUT2D eigenvalue weighted by molar-refractivity contribution is 5.94. The highest BCUT2D eigenvalue weighted by atomic mass is 16.5. The summed E-state index contributed by atoms with van der Waals surface area (Å²) in [5.41, 5.74) is 2.51. The summed E-state index contributed by atoms with van der Waals surface area (Å²) in [5.74, 6) is -0.0775. The maximum atomic E-state index is 14.6. The fourth-order valence-electron chi connectivity index (χ4n) is 7.79. The average molecular weight is 781 g/mol. The average Bonchev–Trinajstić information content (AvgIpc) is 3.64. The summed E-state index contributed by atoms with van der Waals surface area (Å²) < 4.78 is 6.60. The number of amides is 3. The lowest BCUT2D eigenvalue weighted by atomic mass is 9.85. The lowest BCUT2D eigenvalue weighted by Gasteiger charge is -2.36. The molecule has 4 rings (SSSR count). The molecule has 3 amide bonds. The van der Waals surface area contributed by atoms with Gasteiger partial charge in [0.05, 0.1) is 18.6 Å². The molecule has 1 fully saturated rings. The van der Waals surface area contributed by atoms with E-state index in [9.17, 15) is 14.4 Å². The molecule has 0 aromatic heterocycles. The summed E-state index contributed by atoms with van der Waals surface area (Å²) in [4.78, 5) is 43.8. The molecule has 0 spiro atoms. The van der Waals surface area contributed by atoms with Gasteiger partial charge in [0, 0.05) is 6.42 Å². The van der Waals surface area contributed by atoms with Crippen molar-refractivity contribution in [2.24, 2.45) is 5.41 Å². The zero-order valence-electron chi connectivity index (χ0n) is 35.9. The number of ether oxygens (including phenoxy) is 1. The van der Waals surface area contributed by atoms with E-state index in [0.29, 0.717) is 6.42 Å². The molecule has 1 saturated heterocycles. The maximum Gasteiger partial charge on any atom is 0.246 e. The van der Waals surface area contributed by atoms with Crippen molar-refractivity contribution in [3.8, 4) is 5.75 Å². The third-order valence-corrected chi connectivity index (χ3v) is 11.4. The van der Waals surface area contributed by atoms with Crippen LogP contribution in [0.1, 0.15) is 147 Å². The Morgan fingerprint density at radius 3 is 1.81 bits per heavy atom. The second-order valence-corrected chi connectivity index (χ2v) is 17.2. The molecule has 57 heavy (non-hydrogen) atoms. The van der Waals surface area contributed by atoms with Crippen LogP contribution in [0.5, 0.6) is 5.75 Å². The Bertz CT molecular complexity index is 1590. The first kappa shape index (κ1) is 45.5. The minimum absolute atomic E-state index is 0.228. The third-order valence-electron chi connectivity index (χ3n) is 11.4. The van der Waals surface area contributed by atoms with Gasteiger partial charge in [0.15, 0.2) is 0 Å². The van der Waals surface area contributed by atoms with Gasteiger partial charge >= 0.3 is 0 Å². The highest BCUT2D eigenvalue weighted by Crippen LogP contribution is 2.30. The number of hydrogen-bond acceptors (Lipinski definition) is 5. The van der Waals surface area contributed by atoms with Crippen molar-refractivity contribution in [1.29, 1.82) is 0 Å². The Balaban J connectivity index is 1.42. The number of carbonyl (C=O) groups is 3. The van der Waals surface area contributed by atoms with E-state index in [1.165, 1.54) is 82.6 Å². The number of nitrogens with zero attached hydrogens (tertiary/aromatic N) is 1. The molecule has 0 aliphatic carbocycles. The molecule has 0 bridgehead atoms. The van der Waals surface area contributed by atoms with Gasteiger partial charge < -0.3 is 25.6 Å². The fourth-order valence-corrected chi connectivity index (χ4v) is 7.79. The van der Waals surface area contributed by atoms with Crippen LogP contribution in [0.15, 0.2) is 84.9 Å². The normalized spacial score (nSPS) is 16.6. The number of hydrogen-bond donors (Lipinski definition) is 3. The number of nitrogens with one attached hydrogen (secondary N) is 3. The van der Waals surface area contributed by atoms with E-state index in [1.54, 1.807) is 18.9 Å². The Morgan fingerprint density at radius 1 is 0.737 bits per heavy atom. The molecule has 4 atom stereocenters. The minimum atomic E-state index is -0.849. The molecule has 0 unspecified atom stereocenters. The number of carbonyl (C=O) groups excluding carboxylic acids is 3. The van der Waals surface area contributed by atoms with Crippen molar-refractivity contribution in [1.82, 2.24) is 20.9 Å². The lowest BCUT2D eigenvalue weighted by Crippen LogP contribution is -2.59. The monoisotopic (exact) mass is 781 g/mol. The fraction of sp³-hybridized carbons (Fsp3) is 0.571. The Hall–Kier alpha value is -4.17. The lowest BCUT2D eigenvalue weighted by molar-refractivity contribution is -0.144. The molecule has 0 saturated carbocycles. The summed E-state index contributed by atoms with van der Waals surface area (Å²) in [7, 11) is 1.71. The smallest absolute Gasteiger partial charge is 0.246 e. The maximum absolute atomic E-state index is 14.6. The van der Waals surface area contributed by atoms with E-state index in [2.05, 4.69) is 35.0 Å². The zero-order valence-corrected chi connectivity index (χ0v) is 35.9. The summed E-state index contributed by atoms with van der Waals surface area (Å²) in [5, 5.41) is 9.25. The molecule has 3 aromatic carbocycles. The number of rotatable bonds is 24. The van der Waals surface area contributed by atoms with E-state index in [-0.39, 0.29) is 24.3 Å². The number of likely N-dealkylation sites (N-methyl/N-ethyl adjacent to an activating group) is 1. The predicted octanol–water partition coefficient (Wildman–Crippen LogP) is 9.71. The van der Waals surface area contributed by atoms with Gasteiger partial charge in [-0.05, 0) is 61.1 Å². The summed E-state index contributed by atoms with van der Waals surface area (Å²) in [6.07, 6.45) is 18.2. The van der Waals surface area contributed by atoms with Gasteiger partial charge in [-0.25, -0.2) is 0 Å². The quantitative estimate of drug-likeness (QED) is 0.0787.